The van der Waals surface area contributed by atoms with Crippen LogP contribution in [0.3, 0.4) is 0 Å². The molecule has 4 rings (SSSR count). The molecule has 118 valence electrons. The lowest BCUT2D eigenvalue weighted by Crippen LogP contribution is -2.27. The second kappa shape index (κ2) is 4.51. The van der Waals surface area contributed by atoms with E-state index in [4.69, 9.17) is 31.5 Å². The van der Waals surface area contributed by atoms with Crippen LogP contribution < -0.4 is 5.73 Å². The van der Waals surface area contributed by atoms with Crippen molar-refractivity contribution in [3.05, 3.63) is 11.5 Å². The Hall–Kier alpha value is -1.48. The molecule has 0 amide bonds. The number of anilines is 1. The average molecular weight is 326 g/mol. The number of nitrogens with zero attached hydrogens (tertiary/aromatic N) is 4. The summed E-state index contributed by atoms with van der Waals surface area (Å²) in [5.41, 5.74) is 6.68. The van der Waals surface area contributed by atoms with Crippen LogP contribution in [0, 0.1) is 0 Å². The molecule has 2 aliphatic heterocycles. The molecule has 0 aliphatic carbocycles. The number of aromatic nitrogens is 4. The van der Waals surface area contributed by atoms with Crippen LogP contribution in [0.2, 0.25) is 5.15 Å². The maximum Gasteiger partial charge on any atom is 0.223 e. The summed E-state index contributed by atoms with van der Waals surface area (Å²) in [7, 11) is 0. The lowest BCUT2D eigenvalue weighted by molar-refractivity contribution is -0.194. The molecule has 0 aromatic carbocycles. The molecule has 8 nitrogen and oxygen atoms in total. The van der Waals surface area contributed by atoms with Crippen molar-refractivity contribution in [2.45, 2.75) is 51.1 Å². The Kier molecular flexibility index (Phi) is 2.90. The maximum absolute atomic E-state index is 6.06. The van der Waals surface area contributed by atoms with Crippen molar-refractivity contribution >= 4 is 28.7 Å². The van der Waals surface area contributed by atoms with E-state index in [1.54, 1.807) is 10.9 Å². The van der Waals surface area contributed by atoms with Gasteiger partial charge in [-0.15, -0.1) is 0 Å². The predicted molar refractivity (Wildman–Crippen MR) is 78.2 cm³/mol. The van der Waals surface area contributed by atoms with Crippen LogP contribution in [0.25, 0.3) is 11.2 Å². The molecule has 4 atom stereocenters. The average Bonchev–Trinajstić information content (AvgIpc) is 3.03. The van der Waals surface area contributed by atoms with E-state index < -0.39 is 12.0 Å². The van der Waals surface area contributed by atoms with E-state index in [-0.39, 0.29) is 29.4 Å². The lowest BCUT2D eigenvalue weighted by atomic mass is 10.1. The van der Waals surface area contributed by atoms with Crippen molar-refractivity contribution in [3.8, 4) is 0 Å². The molecule has 2 aromatic heterocycles. The van der Waals surface area contributed by atoms with Crippen molar-refractivity contribution in [2.24, 2.45) is 0 Å². The lowest BCUT2D eigenvalue weighted by Gasteiger charge is -2.23. The van der Waals surface area contributed by atoms with Crippen LogP contribution in [0.4, 0.5) is 5.95 Å². The van der Waals surface area contributed by atoms with E-state index >= 15 is 0 Å². The van der Waals surface area contributed by atoms with Gasteiger partial charge in [0, 0.05) is 0 Å². The molecule has 9 heteroatoms. The number of hydrogen-bond acceptors (Lipinski definition) is 7. The smallest absolute Gasteiger partial charge is 0.223 e. The Bertz CT molecular complexity index is 749. The van der Waals surface area contributed by atoms with Gasteiger partial charge < -0.3 is 19.9 Å². The van der Waals surface area contributed by atoms with Gasteiger partial charge in [0.25, 0.3) is 0 Å². The quantitative estimate of drug-likeness (QED) is 0.793. The van der Waals surface area contributed by atoms with Crippen molar-refractivity contribution in [2.75, 3.05) is 5.73 Å². The SMILES string of the molecule is CC1OC(n2cnc3c(Cl)nc(N)nc32)[C@@H]2OC(C)(C)O[C@H]12. The number of imidazole rings is 1. The zero-order valence-electron chi connectivity index (χ0n) is 12.4. The number of halogens is 1. The first kappa shape index (κ1) is 14.1. The molecule has 0 saturated carbocycles. The second-order valence-corrected chi connectivity index (χ2v) is 6.35. The van der Waals surface area contributed by atoms with E-state index in [1.807, 2.05) is 20.8 Å². The first-order valence-electron chi connectivity index (χ1n) is 7.02. The molecule has 2 unspecified atom stereocenters. The first-order valence-corrected chi connectivity index (χ1v) is 7.40. The molecule has 2 aromatic rings. The number of rotatable bonds is 1. The van der Waals surface area contributed by atoms with Gasteiger partial charge in [-0.25, -0.2) is 4.98 Å². The highest BCUT2D eigenvalue weighted by Gasteiger charge is 2.54. The number of ether oxygens (including phenoxy) is 3. The van der Waals surface area contributed by atoms with Crippen LogP contribution in [-0.4, -0.2) is 43.6 Å². The summed E-state index contributed by atoms with van der Waals surface area (Å²) in [6, 6.07) is 0. The monoisotopic (exact) mass is 325 g/mol. The molecule has 0 radical (unpaired) electrons. The second-order valence-electron chi connectivity index (χ2n) is 5.99. The van der Waals surface area contributed by atoms with E-state index in [0.29, 0.717) is 11.2 Å². The van der Waals surface area contributed by atoms with Gasteiger partial charge in [0.1, 0.15) is 17.7 Å². The zero-order chi connectivity index (χ0) is 15.6. The van der Waals surface area contributed by atoms with Gasteiger partial charge in [-0.2, -0.15) is 9.97 Å². The van der Waals surface area contributed by atoms with Crippen molar-refractivity contribution in [1.82, 2.24) is 19.5 Å². The summed E-state index contributed by atoms with van der Waals surface area (Å²) >= 11 is 6.06. The summed E-state index contributed by atoms with van der Waals surface area (Å²) in [6.07, 6.45) is 0.699. The van der Waals surface area contributed by atoms with Crippen molar-refractivity contribution in [3.63, 3.8) is 0 Å². The zero-order valence-corrected chi connectivity index (χ0v) is 13.1. The van der Waals surface area contributed by atoms with Gasteiger partial charge in [-0.05, 0) is 20.8 Å². The topological polar surface area (TPSA) is 97.3 Å². The Morgan fingerprint density at radius 2 is 2.00 bits per heavy atom. The predicted octanol–water partition coefficient (Wildman–Crippen LogP) is 1.50. The van der Waals surface area contributed by atoms with Gasteiger partial charge in [0.2, 0.25) is 5.95 Å². The van der Waals surface area contributed by atoms with E-state index in [0.717, 1.165) is 0 Å². The van der Waals surface area contributed by atoms with Gasteiger partial charge in [0.15, 0.2) is 22.8 Å². The molecular formula is C13H16ClN5O3. The molecule has 0 bridgehead atoms. The van der Waals surface area contributed by atoms with Crippen molar-refractivity contribution in [1.29, 1.82) is 0 Å². The summed E-state index contributed by atoms with van der Waals surface area (Å²) < 4.78 is 19.6. The highest BCUT2D eigenvalue weighted by molar-refractivity contribution is 6.33. The van der Waals surface area contributed by atoms with Crippen LogP contribution in [-0.2, 0) is 14.2 Å². The third-order valence-electron chi connectivity index (χ3n) is 3.93. The minimum absolute atomic E-state index is 0.0887. The largest absolute Gasteiger partial charge is 0.368 e. The highest BCUT2D eigenvalue weighted by atomic mass is 35.5. The van der Waals surface area contributed by atoms with Gasteiger partial charge >= 0.3 is 0 Å². The maximum atomic E-state index is 6.06. The third kappa shape index (κ3) is 1.98. The molecule has 4 heterocycles. The third-order valence-corrected chi connectivity index (χ3v) is 4.20. The van der Waals surface area contributed by atoms with E-state index in [9.17, 15) is 0 Å². The standard InChI is InChI=1S/C13H16ClN5O3/c1-5-7-8(22-13(2,3)21-7)11(20-5)19-4-16-6-9(14)17-12(15)18-10(6)19/h4-5,7-8,11H,1-3H3,(H2,15,17,18)/t5?,7-,8-,11?/m1/s1. The summed E-state index contributed by atoms with van der Waals surface area (Å²) in [6.45, 7) is 5.73. The Labute approximate surface area is 131 Å². The fraction of sp³-hybridized carbons (Fsp3) is 0.615. The molecule has 2 saturated heterocycles. The molecule has 0 spiro atoms. The summed E-state index contributed by atoms with van der Waals surface area (Å²) in [4.78, 5) is 12.4. The minimum Gasteiger partial charge on any atom is -0.368 e. The van der Waals surface area contributed by atoms with Crippen LogP contribution in [0.15, 0.2) is 6.33 Å². The summed E-state index contributed by atoms with van der Waals surface area (Å²) in [5, 5.41) is 0.216. The van der Waals surface area contributed by atoms with Gasteiger partial charge in [0.05, 0.1) is 12.4 Å². The fourth-order valence-corrected chi connectivity index (χ4v) is 3.30. The Morgan fingerprint density at radius 1 is 1.27 bits per heavy atom. The number of hydrogen-bond donors (Lipinski definition) is 1. The number of nitrogen functional groups attached to an aromatic ring is 1. The molecule has 2 aliphatic rings. The Balaban J connectivity index is 1.79. The van der Waals surface area contributed by atoms with Crippen LogP contribution in [0.1, 0.15) is 27.0 Å². The minimum atomic E-state index is -0.645. The number of nitrogens with two attached hydrogens (primary N) is 1. The molecule has 2 N–H and O–H groups in total. The Morgan fingerprint density at radius 3 is 2.77 bits per heavy atom. The highest BCUT2D eigenvalue weighted by Crippen LogP contribution is 2.43. The first-order chi connectivity index (χ1) is 10.4. The van der Waals surface area contributed by atoms with Crippen molar-refractivity contribution < 1.29 is 14.2 Å². The van der Waals surface area contributed by atoms with E-state index in [1.165, 1.54) is 0 Å². The van der Waals surface area contributed by atoms with Crippen LogP contribution >= 0.6 is 11.6 Å². The molecule has 2 fully saturated rings. The molecular weight excluding hydrogens is 310 g/mol. The van der Waals surface area contributed by atoms with Gasteiger partial charge in [-0.3, -0.25) is 4.57 Å². The van der Waals surface area contributed by atoms with E-state index in [2.05, 4.69) is 15.0 Å². The van der Waals surface area contributed by atoms with Crippen LogP contribution in [0.5, 0.6) is 0 Å². The van der Waals surface area contributed by atoms with Gasteiger partial charge in [-0.1, -0.05) is 11.6 Å². The fourth-order valence-electron chi connectivity index (χ4n) is 3.08. The molecule has 22 heavy (non-hydrogen) atoms. The number of fused-ring (bicyclic) bond motifs is 2. The normalized spacial score (nSPS) is 33.5. The summed E-state index contributed by atoms with van der Waals surface area (Å²) in [5.74, 6) is -0.557.